The van der Waals surface area contributed by atoms with Gasteiger partial charge < -0.3 is 10.4 Å². The molecular formula is C14H13ClFNO. The van der Waals surface area contributed by atoms with Crippen LogP contribution in [0.4, 0.5) is 10.1 Å². The smallest absolute Gasteiger partial charge is 0.124 e. The van der Waals surface area contributed by atoms with Gasteiger partial charge in [0.15, 0.2) is 0 Å². The molecule has 18 heavy (non-hydrogen) atoms. The van der Waals surface area contributed by atoms with E-state index in [4.69, 9.17) is 11.6 Å². The minimum Gasteiger partial charge on any atom is -0.508 e. The third-order valence-electron chi connectivity index (χ3n) is 2.67. The summed E-state index contributed by atoms with van der Waals surface area (Å²) in [5, 5.41) is 12.9. The van der Waals surface area contributed by atoms with Crippen LogP contribution in [0, 0.1) is 5.82 Å². The van der Waals surface area contributed by atoms with E-state index in [0.29, 0.717) is 10.7 Å². The number of hydrogen-bond acceptors (Lipinski definition) is 2. The Morgan fingerprint density at radius 1 is 1.22 bits per heavy atom. The normalized spacial score (nSPS) is 12.2. The number of nitrogens with one attached hydrogen (secondary N) is 1. The Kier molecular flexibility index (Phi) is 3.72. The van der Waals surface area contributed by atoms with Crippen LogP contribution < -0.4 is 5.32 Å². The van der Waals surface area contributed by atoms with Crippen molar-refractivity contribution in [2.75, 3.05) is 5.32 Å². The van der Waals surface area contributed by atoms with Gasteiger partial charge in [-0.2, -0.15) is 0 Å². The molecule has 2 rings (SSSR count). The maximum Gasteiger partial charge on any atom is 0.124 e. The van der Waals surface area contributed by atoms with E-state index in [1.165, 1.54) is 12.1 Å². The summed E-state index contributed by atoms with van der Waals surface area (Å²) in [5.74, 6) is -0.151. The molecule has 0 spiro atoms. The second-order valence-corrected chi connectivity index (χ2v) is 4.49. The fourth-order valence-electron chi connectivity index (χ4n) is 1.72. The van der Waals surface area contributed by atoms with E-state index < -0.39 is 0 Å². The summed E-state index contributed by atoms with van der Waals surface area (Å²) >= 11 is 5.94. The summed E-state index contributed by atoms with van der Waals surface area (Å²) in [7, 11) is 0. The first-order valence-electron chi connectivity index (χ1n) is 5.57. The van der Waals surface area contributed by atoms with Crippen LogP contribution in [0.25, 0.3) is 0 Å². The zero-order valence-corrected chi connectivity index (χ0v) is 10.6. The lowest BCUT2D eigenvalue weighted by Gasteiger charge is -2.17. The average Bonchev–Trinajstić information content (AvgIpc) is 2.32. The highest BCUT2D eigenvalue weighted by Gasteiger charge is 2.08. The van der Waals surface area contributed by atoms with Crippen molar-refractivity contribution in [3.63, 3.8) is 0 Å². The molecule has 4 heteroatoms. The lowest BCUT2D eigenvalue weighted by Crippen LogP contribution is -2.06. The monoisotopic (exact) mass is 265 g/mol. The number of anilines is 1. The molecule has 0 saturated carbocycles. The van der Waals surface area contributed by atoms with Crippen LogP contribution in [-0.2, 0) is 0 Å². The number of aromatic hydroxyl groups is 1. The van der Waals surface area contributed by atoms with Gasteiger partial charge in [0.1, 0.15) is 11.6 Å². The first-order chi connectivity index (χ1) is 8.56. The van der Waals surface area contributed by atoms with Gasteiger partial charge in [0.05, 0.1) is 10.7 Å². The van der Waals surface area contributed by atoms with Crippen LogP contribution in [-0.4, -0.2) is 5.11 Å². The summed E-state index contributed by atoms with van der Waals surface area (Å²) in [6.45, 7) is 1.94. The second-order valence-electron chi connectivity index (χ2n) is 4.09. The van der Waals surface area contributed by atoms with Gasteiger partial charge in [-0.1, -0.05) is 23.7 Å². The van der Waals surface area contributed by atoms with E-state index >= 15 is 0 Å². The molecule has 0 saturated heterocycles. The molecule has 0 aliphatic heterocycles. The molecule has 0 aliphatic carbocycles. The molecule has 0 radical (unpaired) electrons. The van der Waals surface area contributed by atoms with Crippen molar-refractivity contribution < 1.29 is 9.50 Å². The van der Waals surface area contributed by atoms with E-state index in [2.05, 4.69) is 5.32 Å². The standard InChI is InChI=1S/C14H13ClFNO/c1-9(10-3-2-4-12(18)7-10)17-14-6-5-11(16)8-13(14)15/h2-9,17-18H,1H3. The number of halogens is 2. The number of benzene rings is 2. The lowest BCUT2D eigenvalue weighted by atomic mass is 10.1. The largest absolute Gasteiger partial charge is 0.508 e. The molecule has 2 aromatic rings. The highest BCUT2D eigenvalue weighted by Crippen LogP contribution is 2.27. The Balaban J connectivity index is 2.18. The summed E-state index contributed by atoms with van der Waals surface area (Å²) in [5.41, 5.74) is 1.59. The van der Waals surface area contributed by atoms with Crippen molar-refractivity contribution in [2.24, 2.45) is 0 Å². The van der Waals surface area contributed by atoms with E-state index in [9.17, 15) is 9.50 Å². The Morgan fingerprint density at radius 2 is 2.00 bits per heavy atom. The van der Waals surface area contributed by atoms with Crippen molar-refractivity contribution in [2.45, 2.75) is 13.0 Å². The Hall–Kier alpha value is -1.74. The fraction of sp³-hybridized carbons (Fsp3) is 0.143. The van der Waals surface area contributed by atoms with Gasteiger partial charge in [0.2, 0.25) is 0 Å². The van der Waals surface area contributed by atoms with Gasteiger partial charge in [-0.3, -0.25) is 0 Å². The Labute approximate surface area is 110 Å². The summed E-state index contributed by atoms with van der Waals surface area (Å²) in [6, 6.07) is 11.1. The van der Waals surface area contributed by atoms with Crippen molar-refractivity contribution in [3.05, 3.63) is 58.9 Å². The molecule has 2 N–H and O–H groups in total. The molecule has 0 heterocycles. The van der Waals surface area contributed by atoms with Crippen LogP contribution >= 0.6 is 11.6 Å². The van der Waals surface area contributed by atoms with Gasteiger partial charge in [-0.05, 0) is 42.8 Å². The molecule has 0 bridgehead atoms. The zero-order valence-electron chi connectivity index (χ0n) is 9.82. The zero-order chi connectivity index (χ0) is 13.1. The van der Waals surface area contributed by atoms with E-state index in [1.54, 1.807) is 24.3 Å². The Morgan fingerprint density at radius 3 is 2.67 bits per heavy atom. The van der Waals surface area contributed by atoms with E-state index in [0.717, 1.165) is 5.56 Å². The van der Waals surface area contributed by atoms with Crippen LogP contribution in [0.5, 0.6) is 5.75 Å². The maximum atomic E-state index is 12.9. The predicted molar refractivity (Wildman–Crippen MR) is 71.6 cm³/mol. The molecule has 94 valence electrons. The molecule has 2 aromatic carbocycles. The first-order valence-corrected chi connectivity index (χ1v) is 5.94. The SMILES string of the molecule is CC(Nc1ccc(F)cc1Cl)c1cccc(O)c1. The molecule has 0 aliphatic rings. The summed E-state index contributed by atoms with van der Waals surface area (Å²) in [4.78, 5) is 0. The topological polar surface area (TPSA) is 32.3 Å². The van der Waals surface area contributed by atoms with Crippen LogP contribution in [0.2, 0.25) is 5.02 Å². The van der Waals surface area contributed by atoms with Crippen molar-refractivity contribution in [1.82, 2.24) is 0 Å². The lowest BCUT2D eigenvalue weighted by molar-refractivity contribution is 0.474. The van der Waals surface area contributed by atoms with Gasteiger partial charge in [0.25, 0.3) is 0 Å². The molecule has 1 atom stereocenters. The van der Waals surface area contributed by atoms with Crippen molar-refractivity contribution >= 4 is 17.3 Å². The Bertz CT molecular complexity index is 559. The average molecular weight is 266 g/mol. The quantitative estimate of drug-likeness (QED) is 0.864. The second kappa shape index (κ2) is 5.27. The third kappa shape index (κ3) is 2.93. The number of phenolic OH excluding ortho intramolecular Hbond substituents is 1. The van der Waals surface area contributed by atoms with Gasteiger partial charge >= 0.3 is 0 Å². The fourth-order valence-corrected chi connectivity index (χ4v) is 1.94. The van der Waals surface area contributed by atoms with Gasteiger partial charge in [-0.25, -0.2) is 4.39 Å². The molecule has 0 fully saturated rings. The minimum absolute atomic E-state index is 0.0416. The van der Waals surface area contributed by atoms with Crippen LogP contribution in [0.3, 0.4) is 0 Å². The summed E-state index contributed by atoms with van der Waals surface area (Å²) in [6.07, 6.45) is 0. The third-order valence-corrected chi connectivity index (χ3v) is 2.99. The number of phenols is 1. The van der Waals surface area contributed by atoms with E-state index in [1.807, 2.05) is 13.0 Å². The van der Waals surface area contributed by atoms with Gasteiger partial charge in [-0.15, -0.1) is 0 Å². The first kappa shape index (κ1) is 12.7. The number of hydrogen-bond donors (Lipinski definition) is 2. The number of rotatable bonds is 3. The van der Waals surface area contributed by atoms with Crippen LogP contribution in [0.1, 0.15) is 18.5 Å². The van der Waals surface area contributed by atoms with E-state index in [-0.39, 0.29) is 17.6 Å². The predicted octanol–water partition coefficient (Wildman–Crippen LogP) is 4.36. The van der Waals surface area contributed by atoms with Crippen molar-refractivity contribution in [3.8, 4) is 5.75 Å². The molecular weight excluding hydrogens is 253 g/mol. The van der Waals surface area contributed by atoms with Crippen molar-refractivity contribution in [1.29, 1.82) is 0 Å². The van der Waals surface area contributed by atoms with Crippen LogP contribution in [0.15, 0.2) is 42.5 Å². The summed E-state index contributed by atoms with van der Waals surface area (Å²) < 4.78 is 12.9. The molecule has 0 aromatic heterocycles. The molecule has 2 nitrogen and oxygen atoms in total. The molecule has 0 amide bonds. The highest BCUT2D eigenvalue weighted by atomic mass is 35.5. The maximum absolute atomic E-state index is 12.9. The highest BCUT2D eigenvalue weighted by molar-refractivity contribution is 6.33. The minimum atomic E-state index is -0.365. The molecule has 1 unspecified atom stereocenters. The van der Waals surface area contributed by atoms with Gasteiger partial charge in [0, 0.05) is 6.04 Å².